The van der Waals surface area contributed by atoms with E-state index in [1.165, 1.54) is 40.0 Å². The van der Waals surface area contributed by atoms with Gasteiger partial charge in [-0.25, -0.2) is 14.4 Å². The Balaban J connectivity index is 1.07. The minimum atomic E-state index is -1.02. The number of anilines is 2. The van der Waals surface area contributed by atoms with Crippen LogP contribution in [-0.2, 0) is 4.79 Å². The number of nitrogens with one attached hydrogen (secondary N) is 2. The van der Waals surface area contributed by atoms with Crippen molar-refractivity contribution < 1.29 is 27.9 Å². The van der Waals surface area contributed by atoms with Gasteiger partial charge in [-0.3, -0.25) is 19.3 Å². The number of fused-ring (bicyclic) bond motifs is 2. The van der Waals surface area contributed by atoms with E-state index in [0.717, 1.165) is 29.5 Å². The van der Waals surface area contributed by atoms with Crippen LogP contribution in [0.3, 0.4) is 0 Å². The van der Waals surface area contributed by atoms with Gasteiger partial charge in [-0.05, 0) is 79.1 Å². The summed E-state index contributed by atoms with van der Waals surface area (Å²) in [6.45, 7) is 5.44. The molecular formula is C39H38F2N6O4. The first-order valence-corrected chi connectivity index (χ1v) is 17.2. The van der Waals surface area contributed by atoms with Gasteiger partial charge in [-0.2, -0.15) is 4.39 Å². The minimum absolute atomic E-state index is 0.115. The van der Waals surface area contributed by atoms with E-state index in [9.17, 15) is 23.2 Å². The molecule has 1 fully saturated rings. The molecule has 10 nitrogen and oxygen atoms in total. The van der Waals surface area contributed by atoms with Gasteiger partial charge >= 0.3 is 0 Å². The summed E-state index contributed by atoms with van der Waals surface area (Å²) in [5.74, 6) is -3.01. The number of aromatic nitrogens is 3. The molecule has 51 heavy (non-hydrogen) atoms. The molecule has 4 heterocycles. The molecule has 1 saturated carbocycles. The number of benzene rings is 2. The SMILES string of the molecule is CC(C)NCCOc1ccc(-c2cccc(N3C(=O)C(C4CCC(NC(=O)c5cn6cc(F)ccc6n5)CC4)C(=O)c4cc(F)ncc43)c2)cc1. The van der Waals surface area contributed by atoms with Crippen LogP contribution in [0.4, 0.5) is 20.2 Å². The van der Waals surface area contributed by atoms with Gasteiger partial charge in [0.25, 0.3) is 5.91 Å². The predicted molar refractivity (Wildman–Crippen MR) is 188 cm³/mol. The Labute approximate surface area is 293 Å². The Bertz CT molecular complexity index is 2090. The van der Waals surface area contributed by atoms with E-state index in [1.807, 2.05) is 42.5 Å². The highest BCUT2D eigenvalue weighted by Gasteiger charge is 2.45. The summed E-state index contributed by atoms with van der Waals surface area (Å²) < 4.78 is 35.4. The Morgan fingerprint density at radius 2 is 1.75 bits per heavy atom. The number of hydrogen-bond donors (Lipinski definition) is 2. The number of imidazole rings is 1. The average Bonchev–Trinajstić information content (AvgIpc) is 3.55. The van der Waals surface area contributed by atoms with Gasteiger partial charge in [-0.1, -0.05) is 38.1 Å². The first kappa shape index (κ1) is 34.0. The standard InChI is InChI=1S/C39H38F2N6O4/c1-23(2)42-16-17-51-30-13-8-24(9-14-30)26-4-3-5-29(18-26)47-33-20-43-34(41)19-31(33)37(48)36(39(47)50)25-6-11-28(12-7-25)44-38(49)32-22-46-21-27(40)10-15-35(46)45-32/h3-5,8-10,13-15,18-23,25,28,36,42H,6-7,11-12,16-17H2,1-2H3,(H,44,49). The van der Waals surface area contributed by atoms with Crippen molar-refractivity contribution in [2.24, 2.45) is 11.8 Å². The zero-order valence-electron chi connectivity index (χ0n) is 28.3. The monoisotopic (exact) mass is 692 g/mol. The molecule has 1 unspecified atom stereocenters. The van der Waals surface area contributed by atoms with Gasteiger partial charge in [0.1, 0.15) is 35.4 Å². The first-order valence-electron chi connectivity index (χ1n) is 17.2. The second kappa shape index (κ2) is 14.4. The van der Waals surface area contributed by atoms with Crippen molar-refractivity contribution in [1.82, 2.24) is 25.0 Å². The molecule has 2 amide bonds. The summed E-state index contributed by atoms with van der Waals surface area (Å²) in [6, 6.07) is 19.2. The van der Waals surface area contributed by atoms with Crippen molar-refractivity contribution in [3.8, 4) is 16.9 Å². The Hall–Kier alpha value is -5.49. The third-order valence-electron chi connectivity index (χ3n) is 9.57. The third-order valence-corrected chi connectivity index (χ3v) is 9.57. The van der Waals surface area contributed by atoms with Crippen molar-refractivity contribution >= 4 is 34.6 Å². The molecule has 262 valence electrons. The fourth-order valence-electron chi connectivity index (χ4n) is 7.03. The van der Waals surface area contributed by atoms with Crippen molar-refractivity contribution in [2.75, 3.05) is 18.1 Å². The number of carbonyl (C=O) groups is 3. The van der Waals surface area contributed by atoms with Gasteiger partial charge in [0.2, 0.25) is 11.9 Å². The lowest BCUT2D eigenvalue weighted by atomic mass is 9.73. The molecule has 3 aromatic heterocycles. The van der Waals surface area contributed by atoms with Crippen molar-refractivity contribution in [2.45, 2.75) is 51.6 Å². The first-order chi connectivity index (χ1) is 24.6. The maximum absolute atomic E-state index is 14.5. The van der Waals surface area contributed by atoms with E-state index >= 15 is 0 Å². The van der Waals surface area contributed by atoms with Crippen LogP contribution in [0.25, 0.3) is 16.8 Å². The molecule has 1 aliphatic heterocycles. The van der Waals surface area contributed by atoms with Gasteiger partial charge < -0.3 is 19.8 Å². The Morgan fingerprint density at radius 3 is 2.51 bits per heavy atom. The number of halogens is 2. The summed E-state index contributed by atoms with van der Waals surface area (Å²) in [5, 5.41) is 6.32. The number of hydrogen-bond acceptors (Lipinski definition) is 7. The Morgan fingerprint density at radius 1 is 0.961 bits per heavy atom. The van der Waals surface area contributed by atoms with E-state index in [4.69, 9.17) is 4.74 Å². The predicted octanol–water partition coefficient (Wildman–Crippen LogP) is 6.52. The van der Waals surface area contributed by atoms with Crippen LogP contribution in [0.2, 0.25) is 0 Å². The molecule has 2 N–H and O–H groups in total. The summed E-state index contributed by atoms with van der Waals surface area (Å²) in [7, 11) is 0. The van der Waals surface area contributed by atoms with Crippen LogP contribution in [0.15, 0.2) is 85.3 Å². The third kappa shape index (κ3) is 7.23. The number of nitrogens with zero attached hydrogens (tertiary/aromatic N) is 4. The molecule has 1 aliphatic carbocycles. The van der Waals surface area contributed by atoms with E-state index in [2.05, 4.69) is 34.4 Å². The van der Waals surface area contributed by atoms with Gasteiger partial charge in [0.15, 0.2) is 5.78 Å². The topological polar surface area (TPSA) is 118 Å². The lowest BCUT2D eigenvalue weighted by molar-refractivity contribution is -0.122. The van der Waals surface area contributed by atoms with Crippen LogP contribution >= 0.6 is 0 Å². The van der Waals surface area contributed by atoms with Crippen LogP contribution < -0.4 is 20.3 Å². The number of carbonyl (C=O) groups excluding carboxylic acids is 3. The van der Waals surface area contributed by atoms with Gasteiger partial charge in [0.05, 0.1) is 11.9 Å². The minimum Gasteiger partial charge on any atom is -0.492 e. The van der Waals surface area contributed by atoms with Crippen molar-refractivity contribution in [3.05, 3.63) is 108 Å². The number of amides is 2. The average molecular weight is 693 g/mol. The van der Waals surface area contributed by atoms with Crippen molar-refractivity contribution in [3.63, 3.8) is 0 Å². The number of rotatable bonds is 10. The lowest BCUT2D eigenvalue weighted by Gasteiger charge is -2.39. The summed E-state index contributed by atoms with van der Waals surface area (Å²) in [4.78, 5) is 50.8. The summed E-state index contributed by atoms with van der Waals surface area (Å²) in [5.41, 5.74) is 3.29. The highest BCUT2D eigenvalue weighted by Crippen LogP contribution is 2.43. The van der Waals surface area contributed by atoms with Crippen LogP contribution in [0.5, 0.6) is 5.75 Å². The molecule has 5 aromatic rings. The summed E-state index contributed by atoms with van der Waals surface area (Å²) >= 11 is 0. The lowest BCUT2D eigenvalue weighted by Crippen LogP contribution is -2.47. The maximum atomic E-state index is 14.5. The molecular weight excluding hydrogens is 654 g/mol. The van der Waals surface area contributed by atoms with E-state index in [1.54, 1.807) is 6.07 Å². The molecule has 0 saturated heterocycles. The summed E-state index contributed by atoms with van der Waals surface area (Å²) in [6.07, 6.45) is 6.05. The molecule has 0 radical (unpaired) electrons. The number of ketones is 1. The second-order valence-electron chi connectivity index (χ2n) is 13.4. The smallest absolute Gasteiger partial charge is 0.271 e. The molecule has 7 rings (SSSR count). The van der Waals surface area contributed by atoms with Gasteiger partial charge in [0, 0.05) is 48.3 Å². The fourth-order valence-corrected chi connectivity index (χ4v) is 7.03. The van der Waals surface area contributed by atoms with Gasteiger partial charge in [-0.15, -0.1) is 0 Å². The zero-order valence-corrected chi connectivity index (χ0v) is 28.3. The second-order valence-corrected chi connectivity index (χ2v) is 13.4. The normalized spacial score (nSPS) is 19.0. The fraction of sp³-hybridized carbons (Fsp3) is 0.308. The van der Waals surface area contributed by atoms with Crippen LogP contribution in [0.1, 0.15) is 60.4 Å². The highest BCUT2D eigenvalue weighted by molar-refractivity contribution is 6.24. The quantitative estimate of drug-likeness (QED) is 0.0973. The van der Waals surface area contributed by atoms with E-state index < -0.39 is 23.5 Å². The molecule has 2 aromatic carbocycles. The largest absolute Gasteiger partial charge is 0.492 e. The van der Waals surface area contributed by atoms with Crippen LogP contribution in [-0.4, -0.2) is 57.2 Å². The molecule has 1 atom stereocenters. The molecule has 12 heteroatoms. The maximum Gasteiger partial charge on any atom is 0.271 e. The zero-order chi connectivity index (χ0) is 35.6. The molecule has 0 bridgehead atoms. The van der Waals surface area contributed by atoms with Crippen LogP contribution in [0, 0.1) is 23.6 Å². The number of pyridine rings is 2. The number of Topliss-reactive ketones (excluding diaryl/α,β-unsaturated/α-hetero) is 1. The van der Waals surface area contributed by atoms with E-state index in [-0.39, 0.29) is 40.7 Å². The van der Waals surface area contributed by atoms with Crippen molar-refractivity contribution in [1.29, 1.82) is 0 Å². The Kier molecular flexibility index (Phi) is 9.59. The molecule has 2 aliphatic rings. The highest BCUT2D eigenvalue weighted by atomic mass is 19.1. The molecule has 0 spiro atoms. The number of ether oxygens (including phenoxy) is 1. The van der Waals surface area contributed by atoms with E-state index in [0.29, 0.717) is 49.7 Å².